The minimum atomic E-state index is -0.157. The highest BCUT2D eigenvalue weighted by Crippen LogP contribution is 2.24. The molecule has 0 unspecified atom stereocenters. The molecule has 1 aromatic rings. The van der Waals surface area contributed by atoms with Crippen molar-refractivity contribution in [3.8, 4) is 5.75 Å². The summed E-state index contributed by atoms with van der Waals surface area (Å²) in [5.74, 6) is 1.10. The fraction of sp³-hybridized carbons (Fsp3) is 0.438. The van der Waals surface area contributed by atoms with Crippen molar-refractivity contribution in [1.29, 1.82) is 0 Å². The quantitative estimate of drug-likeness (QED) is 0.829. The number of allylic oxidation sites excluding steroid dienone is 1. The van der Waals surface area contributed by atoms with Crippen LogP contribution in [0.1, 0.15) is 18.9 Å². The molecule has 108 valence electrons. The summed E-state index contributed by atoms with van der Waals surface area (Å²) in [7, 11) is 3.26. The lowest BCUT2D eigenvalue weighted by Crippen LogP contribution is -2.32. The van der Waals surface area contributed by atoms with Crippen LogP contribution in [0.25, 0.3) is 0 Å². The number of benzene rings is 1. The van der Waals surface area contributed by atoms with Crippen molar-refractivity contribution >= 4 is 5.78 Å². The van der Waals surface area contributed by atoms with E-state index in [2.05, 4.69) is 0 Å². The molecule has 1 aliphatic carbocycles. The lowest BCUT2D eigenvalue weighted by molar-refractivity contribution is -0.127. The summed E-state index contributed by atoms with van der Waals surface area (Å²) in [5.41, 5.74) is 1.00. The third-order valence-electron chi connectivity index (χ3n) is 3.61. The van der Waals surface area contributed by atoms with Crippen LogP contribution in [0.15, 0.2) is 36.1 Å². The number of ether oxygens (including phenoxy) is 3. The second-order valence-electron chi connectivity index (χ2n) is 4.87. The van der Waals surface area contributed by atoms with E-state index in [0.717, 1.165) is 11.3 Å². The topological polar surface area (TPSA) is 44.8 Å². The zero-order chi connectivity index (χ0) is 14.5. The Kier molecular flexibility index (Phi) is 4.79. The van der Waals surface area contributed by atoms with Crippen molar-refractivity contribution in [3.05, 3.63) is 41.7 Å². The molecule has 0 saturated carbocycles. The Balaban J connectivity index is 1.96. The van der Waals surface area contributed by atoms with Gasteiger partial charge in [-0.3, -0.25) is 4.79 Å². The third-order valence-corrected chi connectivity index (χ3v) is 3.61. The number of hydrogen-bond acceptors (Lipinski definition) is 4. The number of methoxy groups -OCH3 is 2. The first-order valence-electron chi connectivity index (χ1n) is 6.68. The van der Waals surface area contributed by atoms with Gasteiger partial charge in [0.25, 0.3) is 0 Å². The summed E-state index contributed by atoms with van der Waals surface area (Å²) in [6, 6.07) is 7.60. The first kappa shape index (κ1) is 14.6. The predicted octanol–water partition coefficient (Wildman–Crippen LogP) is 2.72. The predicted molar refractivity (Wildman–Crippen MR) is 75.5 cm³/mol. The molecule has 0 amide bonds. The van der Waals surface area contributed by atoms with E-state index in [1.165, 1.54) is 0 Å². The molecule has 0 fully saturated rings. The van der Waals surface area contributed by atoms with Gasteiger partial charge in [-0.05, 0) is 30.2 Å². The molecule has 4 nitrogen and oxygen atoms in total. The van der Waals surface area contributed by atoms with Gasteiger partial charge in [-0.2, -0.15) is 0 Å². The number of hydrogen-bond donors (Lipinski definition) is 0. The van der Waals surface area contributed by atoms with E-state index in [1.54, 1.807) is 14.2 Å². The fourth-order valence-corrected chi connectivity index (χ4v) is 2.23. The molecule has 0 radical (unpaired) electrons. The number of carbonyl (C=O) groups is 1. The molecule has 20 heavy (non-hydrogen) atoms. The monoisotopic (exact) mass is 276 g/mol. The second kappa shape index (κ2) is 6.57. The Bertz CT molecular complexity index is 490. The molecule has 0 N–H and O–H groups in total. The van der Waals surface area contributed by atoms with Crippen LogP contribution in [0.5, 0.6) is 5.75 Å². The summed E-state index contributed by atoms with van der Waals surface area (Å²) in [6.07, 6.45) is 2.48. The van der Waals surface area contributed by atoms with Gasteiger partial charge in [0.2, 0.25) is 5.78 Å². The SMILES string of the molecule is COc1ccc(COC2=CC[C@H](OC)[C@H](C)C2=O)cc1. The number of ketones is 1. The van der Waals surface area contributed by atoms with Crippen molar-refractivity contribution in [2.45, 2.75) is 26.1 Å². The molecule has 0 heterocycles. The molecule has 2 rings (SSSR count). The minimum absolute atomic E-state index is 0.0108. The summed E-state index contributed by atoms with van der Waals surface area (Å²) in [5, 5.41) is 0. The maximum absolute atomic E-state index is 12.1. The van der Waals surface area contributed by atoms with Gasteiger partial charge in [0.1, 0.15) is 12.4 Å². The smallest absolute Gasteiger partial charge is 0.202 e. The van der Waals surface area contributed by atoms with Crippen LogP contribution in [0.3, 0.4) is 0 Å². The highest BCUT2D eigenvalue weighted by molar-refractivity contribution is 5.96. The van der Waals surface area contributed by atoms with E-state index in [4.69, 9.17) is 14.2 Å². The normalized spacial score (nSPS) is 22.4. The second-order valence-corrected chi connectivity index (χ2v) is 4.87. The molecular formula is C16H20O4. The van der Waals surface area contributed by atoms with Crippen molar-refractivity contribution < 1.29 is 19.0 Å². The molecule has 0 aromatic heterocycles. The maximum atomic E-state index is 12.1. The van der Waals surface area contributed by atoms with Crippen LogP contribution >= 0.6 is 0 Å². The number of rotatable bonds is 5. The molecule has 1 aliphatic rings. The molecule has 0 saturated heterocycles. The van der Waals surface area contributed by atoms with Crippen molar-refractivity contribution in [2.75, 3.05) is 14.2 Å². The first-order valence-corrected chi connectivity index (χ1v) is 6.68. The van der Waals surface area contributed by atoms with Crippen LogP contribution in [0, 0.1) is 5.92 Å². The largest absolute Gasteiger partial charge is 0.497 e. The van der Waals surface area contributed by atoms with Crippen LogP contribution in [0.2, 0.25) is 0 Å². The highest BCUT2D eigenvalue weighted by Gasteiger charge is 2.31. The van der Waals surface area contributed by atoms with Crippen molar-refractivity contribution in [3.63, 3.8) is 0 Å². The van der Waals surface area contributed by atoms with E-state index in [1.807, 2.05) is 37.3 Å². The van der Waals surface area contributed by atoms with E-state index in [-0.39, 0.29) is 17.8 Å². The van der Waals surface area contributed by atoms with Crippen LogP contribution in [-0.2, 0) is 20.9 Å². The van der Waals surface area contributed by atoms with Crippen molar-refractivity contribution in [1.82, 2.24) is 0 Å². The van der Waals surface area contributed by atoms with E-state index in [0.29, 0.717) is 18.8 Å². The van der Waals surface area contributed by atoms with Gasteiger partial charge < -0.3 is 14.2 Å². The average Bonchev–Trinajstić information content (AvgIpc) is 2.49. The lowest BCUT2D eigenvalue weighted by Gasteiger charge is -2.26. The minimum Gasteiger partial charge on any atom is -0.497 e. The van der Waals surface area contributed by atoms with Gasteiger partial charge in [-0.15, -0.1) is 0 Å². The summed E-state index contributed by atoms with van der Waals surface area (Å²) < 4.78 is 16.0. The first-order chi connectivity index (χ1) is 9.65. The molecule has 4 heteroatoms. The van der Waals surface area contributed by atoms with E-state index >= 15 is 0 Å². The lowest BCUT2D eigenvalue weighted by atomic mass is 9.90. The van der Waals surface area contributed by atoms with Crippen LogP contribution in [0.4, 0.5) is 0 Å². The zero-order valence-corrected chi connectivity index (χ0v) is 12.1. The van der Waals surface area contributed by atoms with Crippen LogP contribution in [-0.4, -0.2) is 26.1 Å². The molecule has 1 aromatic carbocycles. The Morgan fingerprint density at radius 1 is 1.20 bits per heavy atom. The van der Waals surface area contributed by atoms with Gasteiger partial charge in [0, 0.05) is 13.0 Å². The van der Waals surface area contributed by atoms with E-state index in [9.17, 15) is 4.79 Å². The highest BCUT2D eigenvalue weighted by atomic mass is 16.5. The molecule has 0 bridgehead atoms. The standard InChI is InChI=1S/C16H20O4/c1-11-14(19-3)8-9-15(16(11)17)20-10-12-4-6-13(18-2)7-5-12/h4-7,9,11,14H,8,10H2,1-3H3/t11-,14-/m0/s1. The summed E-state index contributed by atoms with van der Waals surface area (Å²) >= 11 is 0. The van der Waals surface area contributed by atoms with Gasteiger partial charge in [-0.1, -0.05) is 19.1 Å². The fourth-order valence-electron chi connectivity index (χ4n) is 2.23. The average molecular weight is 276 g/mol. The Morgan fingerprint density at radius 2 is 1.90 bits per heavy atom. The van der Waals surface area contributed by atoms with Gasteiger partial charge in [0.15, 0.2) is 5.76 Å². The van der Waals surface area contributed by atoms with Gasteiger partial charge >= 0.3 is 0 Å². The molecule has 0 aliphatic heterocycles. The summed E-state index contributed by atoms with van der Waals surface area (Å²) in [4.78, 5) is 12.1. The zero-order valence-electron chi connectivity index (χ0n) is 12.1. The van der Waals surface area contributed by atoms with Crippen molar-refractivity contribution in [2.24, 2.45) is 5.92 Å². The number of Topliss-reactive ketones (excluding diaryl/α,β-unsaturated/α-hetero) is 1. The Morgan fingerprint density at radius 3 is 2.50 bits per heavy atom. The Labute approximate surface area is 119 Å². The van der Waals surface area contributed by atoms with Gasteiger partial charge in [0.05, 0.1) is 13.2 Å². The molecule has 2 atom stereocenters. The summed E-state index contributed by atoms with van der Waals surface area (Å²) in [6.45, 7) is 2.26. The Hall–Kier alpha value is -1.81. The van der Waals surface area contributed by atoms with Gasteiger partial charge in [-0.25, -0.2) is 0 Å². The maximum Gasteiger partial charge on any atom is 0.202 e. The third kappa shape index (κ3) is 3.20. The molecule has 0 spiro atoms. The number of carbonyl (C=O) groups excluding carboxylic acids is 1. The van der Waals surface area contributed by atoms with E-state index < -0.39 is 0 Å². The molecular weight excluding hydrogens is 256 g/mol. The van der Waals surface area contributed by atoms with Crippen LogP contribution < -0.4 is 4.74 Å².